The molecule has 3 heteroatoms. The molecule has 1 saturated carbocycles. The normalized spacial score (nSPS) is 34.4. The van der Waals surface area contributed by atoms with Gasteiger partial charge in [0.15, 0.2) is 0 Å². The van der Waals surface area contributed by atoms with Crippen LogP contribution < -0.4 is 0 Å². The molecule has 0 aliphatic heterocycles. The second kappa shape index (κ2) is 4.40. The first-order chi connectivity index (χ1) is 11.1. The van der Waals surface area contributed by atoms with Gasteiger partial charge in [-0.2, -0.15) is 5.10 Å². The van der Waals surface area contributed by atoms with E-state index in [1.165, 1.54) is 48.2 Å². The minimum Gasteiger partial charge on any atom is -0.593 e. The molecule has 0 radical (unpaired) electrons. The Labute approximate surface area is 137 Å². The van der Waals surface area contributed by atoms with Crippen LogP contribution in [0.5, 0.6) is 5.75 Å². The van der Waals surface area contributed by atoms with Gasteiger partial charge in [-0.25, -0.2) is 0 Å². The van der Waals surface area contributed by atoms with Crippen LogP contribution in [0.15, 0.2) is 18.2 Å². The highest BCUT2D eigenvalue weighted by Crippen LogP contribution is 2.59. The van der Waals surface area contributed by atoms with Gasteiger partial charge in [-0.15, -0.1) is 0 Å². The second-order valence-electron chi connectivity index (χ2n) is 8.17. The number of nitrogens with one attached hydrogen (secondary N) is 1. The Kier molecular flexibility index (Phi) is 2.61. The summed E-state index contributed by atoms with van der Waals surface area (Å²) in [7, 11) is 0. The molecule has 3 aliphatic rings. The lowest BCUT2D eigenvalue weighted by Crippen LogP contribution is -2.43. The summed E-state index contributed by atoms with van der Waals surface area (Å²) in [5, 5.41) is 15.8. The van der Waals surface area contributed by atoms with E-state index in [4.69, 9.17) is 10.2 Å². The average Bonchev–Trinajstić information content (AvgIpc) is 3.05. The molecule has 4 atom stereocenters. The van der Waals surface area contributed by atoms with E-state index in [0.717, 1.165) is 18.3 Å². The molecule has 5 rings (SSSR count). The standard InChI is InChI=1S/C20H24N2O/c1-11-17-10-18-16-5-3-12-9-13(23)4-6-14(12)15(16)7-8-20(18,2)19(17)22-21-11/h4,6,9,15-16,18,23H,3,5,7-8,10H2,1-2H3,(H,21,22)/p+1/t15?,16?,18?,20-/m0/s1. The van der Waals surface area contributed by atoms with Crippen molar-refractivity contribution in [2.75, 3.05) is 0 Å². The van der Waals surface area contributed by atoms with Crippen molar-refractivity contribution < 1.29 is 5.11 Å². The molecule has 0 amide bonds. The number of aromatic nitrogens is 2. The zero-order chi connectivity index (χ0) is 15.8. The van der Waals surface area contributed by atoms with Crippen molar-refractivity contribution in [3.63, 3.8) is 0 Å². The second-order valence-corrected chi connectivity index (χ2v) is 8.17. The van der Waals surface area contributed by atoms with Crippen LogP contribution in [0.4, 0.5) is 0 Å². The smallest absolute Gasteiger partial charge is 0.254 e. The van der Waals surface area contributed by atoms with E-state index >= 15 is 0 Å². The number of hydrogen-bond donors (Lipinski definition) is 1. The highest BCUT2D eigenvalue weighted by Gasteiger charge is 2.54. The minimum atomic E-state index is 0.272. The Hall–Kier alpha value is -1.77. The van der Waals surface area contributed by atoms with Gasteiger partial charge in [0.05, 0.1) is 5.69 Å². The van der Waals surface area contributed by atoms with Gasteiger partial charge < -0.3 is 5.11 Å². The summed E-state index contributed by atoms with van der Waals surface area (Å²) in [6.45, 7) is 4.64. The summed E-state index contributed by atoms with van der Waals surface area (Å²) in [6, 6.07) is 6.33. The van der Waals surface area contributed by atoms with Gasteiger partial charge in [-0.3, -0.25) is 5.10 Å². The van der Waals surface area contributed by atoms with Gasteiger partial charge in [0.2, 0.25) is 0 Å². The van der Waals surface area contributed by atoms with Crippen molar-refractivity contribution in [1.82, 2.24) is 10.2 Å². The molecule has 0 bridgehead atoms. The summed E-state index contributed by atoms with van der Waals surface area (Å²) in [4.78, 5) is 0. The summed E-state index contributed by atoms with van der Waals surface area (Å²) >= 11 is 0. The zero-order valence-electron chi connectivity index (χ0n) is 13.9. The van der Waals surface area contributed by atoms with Crippen molar-refractivity contribution in [3.05, 3.63) is 46.3 Å². The van der Waals surface area contributed by atoms with Gasteiger partial charge in [0.25, 0.3) is 5.75 Å². The number of benzene rings is 1. The van der Waals surface area contributed by atoms with Gasteiger partial charge in [0, 0.05) is 23.2 Å². The van der Waals surface area contributed by atoms with Crippen LogP contribution in [0.25, 0.3) is 0 Å². The highest BCUT2D eigenvalue weighted by atomic mass is 16.3. The number of fused-ring (bicyclic) bond motifs is 7. The molecule has 3 nitrogen and oxygen atoms in total. The van der Waals surface area contributed by atoms with Crippen molar-refractivity contribution in [2.45, 2.75) is 57.3 Å². The Morgan fingerprint density at radius 3 is 3.04 bits per heavy atom. The van der Waals surface area contributed by atoms with E-state index in [1.54, 1.807) is 5.56 Å². The van der Waals surface area contributed by atoms with E-state index < -0.39 is 0 Å². The maximum Gasteiger partial charge on any atom is 0.254 e. The lowest BCUT2D eigenvalue weighted by atomic mass is 9.55. The molecule has 0 spiro atoms. The lowest BCUT2D eigenvalue weighted by molar-refractivity contribution is 0.103. The first-order valence-corrected chi connectivity index (χ1v) is 8.96. The quantitative estimate of drug-likeness (QED) is 0.741. The molecule has 120 valence electrons. The number of hydrogen-bond acceptors (Lipinski definition) is 1. The molecule has 1 aromatic carbocycles. The first kappa shape index (κ1) is 13.6. The topological polar surface area (TPSA) is 51.6 Å². The molecule has 23 heavy (non-hydrogen) atoms. The van der Waals surface area contributed by atoms with Crippen molar-refractivity contribution in [1.29, 1.82) is 0 Å². The van der Waals surface area contributed by atoms with Crippen LogP contribution in [0.1, 0.15) is 60.2 Å². The van der Waals surface area contributed by atoms with Gasteiger partial charge >= 0.3 is 0 Å². The van der Waals surface area contributed by atoms with Crippen LogP contribution in [0.2, 0.25) is 0 Å². The van der Waals surface area contributed by atoms with Crippen molar-refractivity contribution in [3.8, 4) is 5.75 Å². The Balaban J connectivity index is 1.56. The third-order valence-electron chi connectivity index (χ3n) is 7.16. The maximum absolute atomic E-state index is 7.89. The average molecular weight is 309 g/mol. The zero-order valence-corrected chi connectivity index (χ0v) is 13.9. The summed E-state index contributed by atoms with van der Waals surface area (Å²) in [6.07, 6.45) is 6.17. The molecular weight excluding hydrogens is 284 g/mol. The van der Waals surface area contributed by atoms with E-state index in [0.29, 0.717) is 11.7 Å². The SMILES string of the molecule is Cc1[nH]nc2c1CC1C3CCc4cc([OH2+])ccc4C3CC[C@]21C. The van der Waals surface area contributed by atoms with Crippen LogP contribution in [0.3, 0.4) is 0 Å². The van der Waals surface area contributed by atoms with Gasteiger partial charge in [-0.05, 0) is 79.5 Å². The fourth-order valence-corrected chi connectivity index (χ4v) is 5.97. The molecule has 3 aliphatic carbocycles. The number of nitrogens with zero attached hydrogens (tertiary/aromatic N) is 1. The van der Waals surface area contributed by atoms with E-state index in [-0.39, 0.29) is 5.41 Å². The Morgan fingerprint density at radius 2 is 2.17 bits per heavy atom. The summed E-state index contributed by atoms with van der Waals surface area (Å²) in [5.74, 6) is 2.90. The number of aromatic amines is 1. The molecule has 3 unspecified atom stereocenters. The van der Waals surface area contributed by atoms with E-state index in [2.05, 4.69) is 31.1 Å². The summed E-state index contributed by atoms with van der Waals surface area (Å²) in [5.41, 5.74) is 7.41. The van der Waals surface area contributed by atoms with Crippen LogP contribution in [-0.4, -0.2) is 15.3 Å². The van der Waals surface area contributed by atoms with Crippen LogP contribution in [0, 0.1) is 18.8 Å². The number of rotatable bonds is 0. The minimum absolute atomic E-state index is 0.272. The molecule has 1 fully saturated rings. The van der Waals surface area contributed by atoms with E-state index in [1.807, 2.05) is 6.07 Å². The molecule has 0 saturated heterocycles. The monoisotopic (exact) mass is 309 g/mol. The predicted molar refractivity (Wildman–Crippen MR) is 91.2 cm³/mol. The Morgan fingerprint density at radius 1 is 1.30 bits per heavy atom. The number of H-pyrrole nitrogens is 1. The van der Waals surface area contributed by atoms with Gasteiger partial charge in [0.1, 0.15) is 0 Å². The summed E-state index contributed by atoms with van der Waals surface area (Å²) < 4.78 is 0. The third-order valence-corrected chi connectivity index (χ3v) is 7.16. The maximum atomic E-state index is 7.89. The fraction of sp³-hybridized carbons (Fsp3) is 0.550. The predicted octanol–water partition coefficient (Wildman–Crippen LogP) is 3.73. The molecular formula is C20H25N2O+. The first-order valence-electron chi connectivity index (χ1n) is 8.96. The third kappa shape index (κ3) is 1.68. The van der Waals surface area contributed by atoms with Crippen LogP contribution in [-0.2, 0) is 18.3 Å². The molecule has 3 N–H and O–H groups in total. The van der Waals surface area contributed by atoms with Crippen molar-refractivity contribution >= 4 is 0 Å². The largest absolute Gasteiger partial charge is 0.593 e. The lowest BCUT2D eigenvalue weighted by Gasteiger charge is -2.48. The number of aryl methyl sites for hydroxylation is 2. The highest BCUT2D eigenvalue weighted by molar-refractivity contribution is 5.44. The fourth-order valence-electron chi connectivity index (χ4n) is 5.97. The molecule has 1 heterocycles. The van der Waals surface area contributed by atoms with Crippen molar-refractivity contribution in [2.24, 2.45) is 11.8 Å². The van der Waals surface area contributed by atoms with Crippen LogP contribution >= 0.6 is 0 Å². The van der Waals surface area contributed by atoms with Gasteiger partial charge in [-0.1, -0.05) is 6.92 Å². The Bertz CT molecular complexity index is 793. The molecule has 2 aromatic rings. The molecule has 1 aromatic heterocycles. The van der Waals surface area contributed by atoms with E-state index in [9.17, 15) is 0 Å².